The Kier molecular flexibility index (Phi) is 6.42. The second-order valence-electron chi connectivity index (χ2n) is 6.25. The highest BCUT2D eigenvalue weighted by Crippen LogP contribution is 2.31. The van der Waals surface area contributed by atoms with Crippen molar-refractivity contribution in [2.45, 2.75) is 6.18 Å². The number of ether oxygens (including phenoxy) is 1. The molecule has 0 aliphatic rings. The summed E-state index contributed by atoms with van der Waals surface area (Å²) in [6.07, 6.45) is -4.52. The molecule has 3 rings (SSSR count). The van der Waals surface area contributed by atoms with E-state index >= 15 is 0 Å². The van der Waals surface area contributed by atoms with E-state index in [0.29, 0.717) is 10.6 Å². The van der Waals surface area contributed by atoms with Gasteiger partial charge >= 0.3 is 6.18 Å². The number of nitrogens with one attached hydrogen (secondary N) is 1. The number of anilines is 1. The zero-order valence-corrected chi connectivity index (χ0v) is 16.1. The van der Waals surface area contributed by atoms with Crippen LogP contribution in [0.15, 0.2) is 72.8 Å². The molecule has 4 nitrogen and oxygen atoms in total. The monoisotopic (exact) mass is 433 g/mol. The van der Waals surface area contributed by atoms with Crippen molar-refractivity contribution in [3.05, 3.63) is 94.5 Å². The minimum Gasteiger partial charge on any atom is -0.484 e. The lowest BCUT2D eigenvalue weighted by Crippen LogP contribution is -2.22. The summed E-state index contributed by atoms with van der Waals surface area (Å²) in [5.74, 6) is -1.08. The van der Waals surface area contributed by atoms with Crippen LogP contribution in [-0.4, -0.2) is 18.3 Å². The Morgan fingerprint density at radius 1 is 0.933 bits per heavy atom. The number of hydrogen-bond acceptors (Lipinski definition) is 3. The molecule has 0 aliphatic carbocycles. The first-order valence-corrected chi connectivity index (χ1v) is 9.11. The maximum Gasteiger partial charge on any atom is 0.416 e. The molecule has 1 N–H and O–H groups in total. The van der Waals surface area contributed by atoms with Crippen molar-refractivity contribution in [1.29, 1.82) is 0 Å². The normalized spacial score (nSPS) is 11.1. The third-order valence-electron chi connectivity index (χ3n) is 4.07. The fraction of sp³-hybridized carbons (Fsp3) is 0.0909. The van der Waals surface area contributed by atoms with Crippen LogP contribution in [0.2, 0.25) is 5.02 Å². The molecule has 0 spiro atoms. The van der Waals surface area contributed by atoms with Gasteiger partial charge in [0.1, 0.15) is 5.75 Å². The van der Waals surface area contributed by atoms with Gasteiger partial charge in [-0.05, 0) is 36.4 Å². The van der Waals surface area contributed by atoms with E-state index in [1.54, 1.807) is 30.3 Å². The first-order chi connectivity index (χ1) is 14.2. The van der Waals surface area contributed by atoms with Crippen molar-refractivity contribution in [2.75, 3.05) is 11.9 Å². The molecule has 0 radical (unpaired) electrons. The van der Waals surface area contributed by atoms with Gasteiger partial charge in [0, 0.05) is 16.1 Å². The van der Waals surface area contributed by atoms with Gasteiger partial charge in [0.05, 0.1) is 11.3 Å². The number of rotatable bonds is 6. The molecular weight excluding hydrogens is 419 g/mol. The SMILES string of the molecule is O=C(COc1cccc(C(F)(F)F)c1)Nc1ccc(Cl)cc1C(=O)c1ccccc1. The molecule has 8 heteroatoms. The van der Waals surface area contributed by atoms with E-state index < -0.39 is 24.3 Å². The Balaban J connectivity index is 1.72. The third-order valence-corrected chi connectivity index (χ3v) is 4.30. The second-order valence-corrected chi connectivity index (χ2v) is 6.68. The van der Waals surface area contributed by atoms with Crippen molar-refractivity contribution >= 4 is 29.0 Å². The molecule has 0 aliphatic heterocycles. The summed E-state index contributed by atoms with van der Waals surface area (Å²) in [7, 11) is 0. The van der Waals surface area contributed by atoms with Crippen LogP contribution >= 0.6 is 11.6 Å². The molecule has 0 bridgehead atoms. The van der Waals surface area contributed by atoms with Crippen molar-refractivity contribution in [2.24, 2.45) is 0 Å². The molecule has 30 heavy (non-hydrogen) atoms. The van der Waals surface area contributed by atoms with Gasteiger partial charge < -0.3 is 10.1 Å². The van der Waals surface area contributed by atoms with Gasteiger partial charge in [-0.2, -0.15) is 13.2 Å². The number of alkyl halides is 3. The third kappa shape index (κ3) is 5.39. The quantitative estimate of drug-likeness (QED) is 0.514. The molecule has 0 fully saturated rings. The largest absolute Gasteiger partial charge is 0.484 e. The van der Waals surface area contributed by atoms with Crippen LogP contribution < -0.4 is 10.1 Å². The highest BCUT2D eigenvalue weighted by Gasteiger charge is 2.30. The van der Waals surface area contributed by atoms with Crippen LogP contribution in [0.1, 0.15) is 21.5 Å². The van der Waals surface area contributed by atoms with Crippen molar-refractivity contribution in [1.82, 2.24) is 0 Å². The Morgan fingerprint density at radius 2 is 1.67 bits per heavy atom. The van der Waals surface area contributed by atoms with E-state index in [1.165, 1.54) is 30.3 Å². The number of ketones is 1. The smallest absolute Gasteiger partial charge is 0.416 e. The molecule has 3 aromatic carbocycles. The predicted octanol–water partition coefficient (Wildman–Crippen LogP) is 5.61. The minimum atomic E-state index is -4.52. The topological polar surface area (TPSA) is 55.4 Å². The van der Waals surface area contributed by atoms with Crippen molar-refractivity contribution < 1.29 is 27.5 Å². The molecule has 0 saturated carbocycles. The highest BCUT2D eigenvalue weighted by atomic mass is 35.5. The molecule has 0 aromatic heterocycles. The number of halogens is 4. The lowest BCUT2D eigenvalue weighted by molar-refractivity contribution is -0.137. The van der Waals surface area contributed by atoms with Crippen LogP contribution in [0, 0.1) is 0 Å². The number of hydrogen-bond donors (Lipinski definition) is 1. The average Bonchev–Trinajstić information content (AvgIpc) is 2.73. The second kappa shape index (κ2) is 9.00. The molecule has 154 valence electrons. The molecule has 0 unspecified atom stereocenters. The Labute approximate surface area is 175 Å². The van der Waals surface area contributed by atoms with Crippen LogP contribution in [0.5, 0.6) is 5.75 Å². The summed E-state index contributed by atoms with van der Waals surface area (Å²) < 4.78 is 43.5. The van der Waals surface area contributed by atoms with Gasteiger partial charge in [-0.3, -0.25) is 9.59 Å². The van der Waals surface area contributed by atoms with Gasteiger partial charge in [-0.1, -0.05) is 48.0 Å². The summed E-state index contributed by atoms with van der Waals surface area (Å²) >= 11 is 6.00. The first-order valence-electron chi connectivity index (χ1n) is 8.73. The first kappa shape index (κ1) is 21.4. The van der Waals surface area contributed by atoms with Gasteiger partial charge in [0.25, 0.3) is 5.91 Å². The van der Waals surface area contributed by atoms with E-state index in [2.05, 4.69) is 5.32 Å². The maximum absolute atomic E-state index is 12.8. The van der Waals surface area contributed by atoms with E-state index in [-0.39, 0.29) is 22.8 Å². The van der Waals surface area contributed by atoms with E-state index in [9.17, 15) is 22.8 Å². The summed E-state index contributed by atoms with van der Waals surface area (Å²) in [5.41, 5.74) is -0.0728. The molecule has 1 amide bonds. The Bertz CT molecular complexity index is 1070. The Hall–Kier alpha value is -3.32. The van der Waals surface area contributed by atoms with E-state index in [0.717, 1.165) is 12.1 Å². The summed E-state index contributed by atoms with van der Waals surface area (Å²) in [5, 5.41) is 2.85. The number of carbonyl (C=O) groups excluding carboxylic acids is 2. The van der Waals surface area contributed by atoms with Crippen molar-refractivity contribution in [3.8, 4) is 5.75 Å². The number of carbonyl (C=O) groups is 2. The summed E-state index contributed by atoms with van der Waals surface area (Å²) in [6.45, 7) is -0.539. The van der Waals surface area contributed by atoms with Crippen LogP contribution in [0.4, 0.5) is 18.9 Å². The minimum absolute atomic E-state index is 0.100. The van der Waals surface area contributed by atoms with Gasteiger partial charge in [0.15, 0.2) is 12.4 Å². The number of amides is 1. The fourth-order valence-corrected chi connectivity index (χ4v) is 2.83. The maximum atomic E-state index is 12.8. The predicted molar refractivity (Wildman–Crippen MR) is 107 cm³/mol. The Morgan fingerprint density at radius 3 is 2.37 bits per heavy atom. The fourth-order valence-electron chi connectivity index (χ4n) is 2.66. The number of benzene rings is 3. The zero-order valence-electron chi connectivity index (χ0n) is 15.4. The molecule has 0 atom stereocenters. The average molecular weight is 434 g/mol. The molecule has 3 aromatic rings. The van der Waals surface area contributed by atoms with E-state index in [1.807, 2.05) is 0 Å². The highest BCUT2D eigenvalue weighted by molar-refractivity contribution is 6.31. The van der Waals surface area contributed by atoms with Crippen LogP contribution in [0.3, 0.4) is 0 Å². The van der Waals surface area contributed by atoms with Crippen LogP contribution in [0.25, 0.3) is 0 Å². The summed E-state index contributed by atoms with van der Waals surface area (Å²) in [4.78, 5) is 25.0. The van der Waals surface area contributed by atoms with Gasteiger partial charge in [-0.25, -0.2) is 0 Å². The molecule has 0 saturated heterocycles. The zero-order chi connectivity index (χ0) is 21.7. The lowest BCUT2D eigenvalue weighted by atomic mass is 10.0. The lowest BCUT2D eigenvalue weighted by Gasteiger charge is -2.13. The molecular formula is C22H15ClF3NO3. The molecule has 0 heterocycles. The standard InChI is InChI=1S/C22H15ClF3NO3/c23-16-9-10-19(18(12-16)21(29)14-5-2-1-3-6-14)27-20(28)13-30-17-8-4-7-15(11-17)22(24,25)26/h1-12H,13H2,(H,27,28). The van der Waals surface area contributed by atoms with E-state index in [4.69, 9.17) is 16.3 Å². The van der Waals surface area contributed by atoms with Crippen LogP contribution in [-0.2, 0) is 11.0 Å². The van der Waals surface area contributed by atoms with Gasteiger partial charge in [0.2, 0.25) is 0 Å². The van der Waals surface area contributed by atoms with Crippen molar-refractivity contribution in [3.63, 3.8) is 0 Å². The summed E-state index contributed by atoms with van der Waals surface area (Å²) in [6, 6.07) is 17.1. The van der Waals surface area contributed by atoms with Gasteiger partial charge in [-0.15, -0.1) is 0 Å².